The van der Waals surface area contributed by atoms with Crippen LogP contribution in [0, 0.1) is 0 Å². The normalized spacial score (nSPS) is 10.4. The third-order valence-electron chi connectivity index (χ3n) is 1.80. The Hall–Kier alpha value is -0.990. The zero-order valence-electron chi connectivity index (χ0n) is 8.84. The first kappa shape index (κ1) is 12.0. The number of carbonyl (C=O) groups excluding carboxylic acids is 1. The SMILES string of the molecule is CCCNC(=O)C=CN(CC)CC. The van der Waals surface area contributed by atoms with Gasteiger partial charge in [-0.15, -0.1) is 0 Å². The first-order chi connectivity index (χ1) is 6.24. The van der Waals surface area contributed by atoms with Gasteiger partial charge in [0.1, 0.15) is 0 Å². The number of amides is 1. The lowest BCUT2D eigenvalue weighted by molar-refractivity contribution is -0.116. The molecule has 13 heavy (non-hydrogen) atoms. The van der Waals surface area contributed by atoms with Gasteiger partial charge in [0.05, 0.1) is 0 Å². The number of rotatable bonds is 6. The van der Waals surface area contributed by atoms with Crippen molar-refractivity contribution in [2.24, 2.45) is 0 Å². The first-order valence-electron chi connectivity index (χ1n) is 4.94. The van der Waals surface area contributed by atoms with Crippen LogP contribution in [0.2, 0.25) is 0 Å². The standard InChI is InChI=1S/C10H20N2O/c1-4-8-11-10(13)7-9-12(5-2)6-3/h7,9H,4-6,8H2,1-3H3,(H,11,13). The van der Waals surface area contributed by atoms with Crippen molar-refractivity contribution in [2.45, 2.75) is 27.2 Å². The third kappa shape index (κ3) is 6.20. The van der Waals surface area contributed by atoms with Gasteiger partial charge in [-0.05, 0) is 20.3 Å². The second-order valence-electron chi connectivity index (χ2n) is 2.83. The van der Waals surface area contributed by atoms with Crippen molar-refractivity contribution < 1.29 is 4.79 Å². The lowest BCUT2D eigenvalue weighted by Gasteiger charge is -2.14. The molecule has 1 amide bonds. The number of nitrogens with one attached hydrogen (secondary N) is 1. The van der Waals surface area contributed by atoms with E-state index in [-0.39, 0.29) is 5.91 Å². The maximum atomic E-state index is 11.1. The summed E-state index contributed by atoms with van der Waals surface area (Å²) in [6.45, 7) is 8.80. The van der Waals surface area contributed by atoms with E-state index in [2.05, 4.69) is 24.1 Å². The van der Waals surface area contributed by atoms with Gasteiger partial charge in [-0.1, -0.05) is 6.92 Å². The van der Waals surface area contributed by atoms with Crippen molar-refractivity contribution >= 4 is 5.91 Å². The summed E-state index contributed by atoms with van der Waals surface area (Å²) < 4.78 is 0. The van der Waals surface area contributed by atoms with Crippen LogP contribution >= 0.6 is 0 Å². The summed E-state index contributed by atoms with van der Waals surface area (Å²) in [5.41, 5.74) is 0. The summed E-state index contributed by atoms with van der Waals surface area (Å²) >= 11 is 0. The molecule has 3 heteroatoms. The minimum atomic E-state index is -0.00579. The number of hydrogen-bond donors (Lipinski definition) is 1. The monoisotopic (exact) mass is 184 g/mol. The molecule has 76 valence electrons. The Morgan fingerprint density at radius 3 is 2.38 bits per heavy atom. The number of hydrogen-bond acceptors (Lipinski definition) is 2. The summed E-state index contributed by atoms with van der Waals surface area (Å²) in [6, 6.07) is 0. The molecule has 0 saturated carbocycles. The van der Waals surface area contributed by atoms with Gasteiger partial charge in [-0.25, -0.2) is 0 Å². The largest absolute Gasteiger partial charge is 0.378 e. The zero-order valence-corrected chi connectivity index (χ0v) is 8.84. The molecule has 0 unspecified atom stereocenters. The van der Waals surface area contributed by atoms with Crippen LogP contribution in [0.25, 0.3) is 0 Å². The molecule has 0 fully saturated rings. The lowest BCUT2D eigenvalue weighted by Crippen LogP contribution is -2.23. The molecule has 3 nitrogen and oxygen atoms in total. The van der Waals surface area contributed by atoms with E-state index >= 15 is 0 Å². The smallest absolute Gasteiger partial charge is 0.245 e. The molecule has 0 atom stereocenters. The molecule has 0 aliphatic heterocycles. The Bertz CT molecular complexity index is 162. The van der Waals surface area contributed by atoms with Crippen LogP contribution in [0.1, 0.15) is 27.2 Å². The van der Waals surface area contributed by atoms with Crippen molar-refractivity contribution in [1.29, 1.82) is 0 Å². The predicted molar refractivity (Wildman–Crippen MR) is 55.4 cm³/mol. The van der Waals surface area contributed by atoms with Gasteiger partial charge >= 0.3 is 0 Å². The second kappa shape index (κ2) is 7.65. The fourth-order valence-corrected chi connectivity index (χ4v) is 0.915. The maximum Gasteiger partial charge on any atom is 0.245 e. The quantitative estimate of drug-likeness (QED) is 0.632. The van der Waals surface area contributed by atoms with Gasteiger partial charge in [-0.2, -0.15) is 0 Å². The average molecular weight is 184 g/mol. The third-order valence-corrected chi connectivity index (χ3v) is 1.80. The van der Waals surface area contributed by atoms with E-state index < -0.39 is 0 Å². The molecule has 0 aromatic heterocycles. The molecule has 0 radical (unpaired) electrons. The van der Waals surface area contributed by atoms with Gasteiger partial charge in [0.2, 0.25) is 5.91 Å². The molecule has 0 aliphatic carbocycles. The summed E-state index contributed by atoms with van der Waals surface area (Å²) in [5.74, 6) is -0.00579. The van der Waals surface area contributed by atoms with Crippen LogP contribution in [0.15, 0.2) is 12.3 Å². The summed E-state index contributed by atoms with van der Waals surface area (Å²) in [5, 5.41) is 2.78. The summed E-state index contributed by atoms with van der Waals surface area (Å²) in [6.07, 6.45) is 4.40. The average Bonchev–Trinajstić information content (AvgIpc) is 2.16. The van der Waals surface area contributed by atoms with Gasteiger partial charge in [0.15, 0.2) is 0 Å². The van der Waals surface area contributed by atoms with E-state index in [1.807, 2.05) is 13.1 Å². The van der Waals surface area contributed by atoms with Crippen molar-refractivity contribution in [3.8, 4) is 0 Å². The van der Waals surface area contributed by atoms with Gasteiger partial charge < -0.3 is 10.2 Å². The van der Waals surface area contributed by atoms with Crippen LogP contribution < -0.4 is 5.32 Å². The maximum absolute atomic E-state index is 11.1. The molecule has 0 saturated heterocycles. The van der Waals surface area contributed by atoms with E-state index in [0.717, 1.165) is 26.1 Å². The summed E-state index contributed by atoms with van der Waals surface area (Å²) in [4.78, 5) is 13.2. The van der Waals surface area contributed by atoms with Crippen molar-refractivity contribution in [3.05, 3.63) is 12.3 Å². The molecule has 0 heterocycles. The zero-order chi connectivity index (χ0) is 10.1. The van der Waals surface area contributed by atoms with Crippen LogP contribution in [-0.4, -0.2) is 30.4 Å². The Labute approximate surface area is 80.8 Å². The minimum absolute atomic E-state index is 0.00579. The van der Waals surface area contributed by atoms with Crippen LogP contribution in [0.3, 0.4) is 0 Å². The topological polar surface area (TPSA) is 32.3 Å². The molecule has 0 bridgehead atoms. The number of carbonyl (C=O) groups is 1. The minimum Gasteiger partial charge on any atom is -0.378 e. The molecule has 0 spiro atoms. The Morgan fingerprint density at radius 1 is 1.31 bits per heavy atom. The van der Waals surface area contributed by atoms with Crippen LogP contribution in [0.4, 0.5) is 0 Å². The molecule has 0 aromatic rings. The fraction of sp³-hybridized carbons (Fsp3) is 0.700. The highest BCUT2D eigenvalue weighted by atomic mass is 16.1. The molecule has 0 rings (SSSR count). The Morgan fingerprint density at radius 2 is 1.92 bits per heavy atom. The van der Waals surface area contributed by atoms with Gasteiger partial charge in [-0.3, -0.25) is 4.79 Å². The molecular weight excluding hydrogens is 164 g/mol. The highest BCUT2D eigenvalue weighted by Crippen LogP contribution is 1.87. The number of nitrogens with zero attached hydrogens (tertiary/aromatic N) is 1. The Balaban J connectivity index is 3.74. The van der Waals surface area contributed by atoms with E-state index in [1.165, 1.54) is 0 Å². The molecule has 1 N–H and O–H groups in total. The predicted octanol–water partition coefficient (Wildman–Crippen LogP) is 1.37. The van der Waals surface area contributed by atoms with Crippen molar-refractivity contribution in [2.75, 3.05) is 19.6 Å². The van der Waals surface area contributed by atoms with Crippen LogP contribution in [0.5, 0.6) is 0 Å². The summed E-state index contributed by atoms with van der Waals surface area (Å²) in [7, 11) is 0. The molecular formula is C10H20N2O. The molecule has 0 aromatic carbocycles. The van der Waals surface area contributed by atoms with E-state index in [0.29, 0.717) is 0 Å². The lowest BCUT2D eigenvalue weighted by atomic mass is 10.4. The van der Waals surface area contributed by atoms with Crippen molar-refractivity contribution in [3.63, 3.8) is 0 Å². The fourth-order valence-electron chi connectivity index (χ4n) is 0.915. The second-order valence-corrected chi connectivity index (χ2v) is 2.83. The molecule has 0 aliphatic rings. The van der Waals surface area contributed by atoms with Crippen LogP contribution in [-0.2, 0) is 4.79 Å². The van der Waals surface area contributed by atoms with E-state index in [4.69, 9.17) is 0 Å². The Kier molecular flexibility index (Phi) is 7.07. The van der Waals surface area contributed by atoms with E-state index in [9.17, 15) is 4.79 Å². The highest BCUT2D eigenvalue weighted by Gasteiger charge is 1.94. The highest BCUT2D eigenvalue weighted by molar-refractivity contribution is 5.87. The first-order valence-corrected chi connectivity index (χ1v) is 4.94. The van der Waals surface area contributed by atoms with Gasteiger partial charge in [0, 0.05) is 31.9 Å². The van der Waals surface area contributed by atoms with Gasteiger partial charge in [0.25, 0.3) is 0 Å². The van der Waals surface area contributed by atoms with E-state index in [1.54, 1.807) is 6.08 Å². The van der Waals surface area contributed by atoms with Crippen molar-refractivity contribution in [1.82, 2.24) is 10.2 Å².